The number of oxazole rings is 1. The number of Topliss-reactive ketones (excluding diaryl/α,β-unsaturated/α-hetero) is 1. The van der Waals surface area contributed by atoms with Crippen LogP contribution in [0.2, 0.25) is 0 Å². The van der Waals surface area contributed by atoms with E-state index in [9.17, 15) is 4.79 Å². The lowest BCUT2D eigenvalue weighted by atomic mass is 10.0. The fraction of sp³-hybridized carbons (Fsp3) is 0.185. The Balaban J connectivity index is 1.69. The van der Waals surface area contributed by atoms with E-state index in [4.69, 9.17) is 13.9 Å². The van der Waals surface area contributed by atoms with Crippen LogP contribution in [-0.4, -0.2) is 24.5 Å². The molecule has 0 N–H and O–H groups in total. The molecular weight excluding hydrogens is 402 g/mol. The van der Waals surface area contributed by atoms with Gasteiger partial charge in [-0.2, -0.15) is 0 Å². The number of nitrogens with zero attached hydrogens (tertiary/aromatic N) is 1. The standard InChI is InChI=1S/C27H25NO4/c1-3-4-17-31-22-15-11-20(12-16-22)26(29)23(18-19-9-13-21(30-2)14-10-19)27-28-24-7-5-6-8-25(24)32-27/h5-16,18H,3-4,17H2,1-2H3. The van der Waals surface area contributed by atoms with Crippen molar-refractivity contribution in [3.63, 3.8) is 0 Å². The molecule has 32 heavy (non-hydrogen) atoms. The van der Waals surface area contributed by atoms with Crippen molar-refractivity contribution in [1.82, 2.24) is 4.98 Å². The lowest BCUT2D eigenvalue weighted by Gasteiger charge is -2.07. The second kappa shape index (κ2) is 9.96. The molecule has 4 rings (SSSR count). The number of benzene rings is 3. The summed E-state index contributed by atoms with van der Waals surface area (Å²) in [7, 11) is 1.62. The van der Waals surface area contributed by atoms with Gasteiger partial charge in [-0.15, -0.1) is 0 Å². The van der Waals surface area contributed by atoms with Crippen molar-refractivity contribution < 1.29 is 18.7 Å². The zero-order chi connectivity index (χ0) is 22.3. The number of carbonyl (C=O) groups is 1. The predicted octanol–water partition coefficient (Wildman–Crippen LogP) is 6.44. The molecule has 0 aliphatic heterocycles. The van der Waals surface area contributed by atoms with Gasteiger partial charge < -0.3 is 13.9 Å². The minimum absolute atomic E-state index is 0.174. The van der Waals surface area contributed by atoms with Crippen LogP contribution < -0.4 is 9.47 Å². The van der Waals surface area contributed by atoms with Gasteiger partial charge in [0.15, 0.2) is 11.4 Å². The molecule has 0 fully saturated rings. The molecule has 0 bridgehead atoms. The summed E-state index contributed by atoms with van der Waals surface area (Å²) in [6.07, 6.45) is 3.85. The van der Waals surface area contributed by atoms with E-state index < -0.39 is 0 Å². The molecule has 0 atom stereocenters. The highest BCUT2D eigenvalue weighted by atomic mass is 16.5. The van der Waals surface area contributed by atoms with Crippen molar-refractivity contribution in [2.45, 2.75) is 19.8 Å². The lowest BCUT2D eigenvalue weighted by Crippen LogP contribution is -2.04. The van der Waals surface area contributed by atoms with E-state index in [1.807, 2.05) is 60.7 Å². The number of hydrogen-bond donors (Lipinski definition) is 0. The van der Waals surface area contributed by atoms with Crippen molar-refractivity contribution in [2.24, 2.45) is 0 Å². The lowest BCUT2D eigenvalue weighted by molar-refractivity contribution is 0.105. The molecule has 4 aromatic rings. The van der Waals surface area contributed by atoms with Crippen molar-refractivity contribution in [3.05, 3.63) is 89.8 Å². The van der Waals surface area contributed by atoms with E-state index in [1.165, 1.54) is 0 Å². The predicted molar refractivity (Wildman–Crippen MR) is 126 cm³/mol. The van der Waals surface area contributed by atoms with E-state index in [-0.39, 0.29) is 11.7 Å². The van der Waals surface area contributed by atoms with Crippen molar-refractivity contribution in [1.29, 1.82) is 0 Å². The molecule has 0 saturated carbocycles. The van der Waals surface area contributed by atoms with Crippen LogP contribution in [0.3, 0.4) is 0 Å². The summed E-state index contributed by atoms with van der Waals surface area (Å²) in [4.78, 5) is 18.0. The Morgan fingerprint density at radius 2 is 1.69 bits per heavy atom. The summed E-state index contributed by atoms with van der Waals surface area (Å²) in [6, 6.07) is 22.1. The van der Waals surface area contributed by atoms with E-state index in [0.717, 1.165) is 29.9 Å². The number of fused-ring (bicyclic) bond motifs is 1. The number of allylic oxidation sites excluding steroid dienone is 1. The van der Waals surface area contributed by atoms with Crippen LogP contribution in [0.25, 0.3) is 22.7 Å². The van der Waals surface area contributed by atoms with Crippen molar-refractivity contribution in [2.75, 3.05) is 13.7 Å². The number of carbonyl (C=O) groups excluding carboxylic acids is 1. The first-order valence-corrected chi connectivity index (χ1v) is 10.7. The Hall–Kier alpha value is -3.86. The third-order valence-electron chi connectivity index (χ3n) is 5.08. The monoisotopic (exact) mass is 427 g/mol. The van der Waals surface area contributed by atoms with Crippen LogP contribution >= 0.6 is 0 Å². The second-order valence-electron chi connectivity index (χ2n) is 7.37. The van der Waals surface area contributed by atoms with Gasteiger partial charge in [0.25, 0.3) is 0 Å². The highest BCUT2D eigenvalue weighted by Crippen LogP contribution is 2.27. The van der Waals surface area contributed by atoms with Gasteiger partial charge in [0.1, 0.15) is 17.0 Å². The summed E-state index contributed by atoms with van der Waals surface area (Å²) in [6.45, 7) is 2.78. The number of para-hydroxylation sites is 2. The molecule has 0 radical (unpaired) electrons. The van der Waals surface area contributed by atoms with Gasteiger partial charge in [-0.1, -0.05) is 37.6 Å². The molecule has 0 aliphatic carbocycles. The maximum atomic E-state index is 13.5. The van der Waals surface area contributed by atoms with Crippen molar-refractivity contribution in [3.8, 4) is 11.5 Å². The summed E-state index contributed by atoms with van der Waals surface area (Å²) >= 11 is 0. The molecule has 0 saturated heterocycles. The SMILES string of the molecule is CCCCOc1ccc(C(=O)C(=Cc2ccc(OC)cc2)c2nc3ccccc3o2)cc1. The Bertz CT molecular complexity index is 1190. The number of methoxy groups -OCH3 is 1. The summed E-state index contributed by atoms with van der Waals surface area (Å²) in [5.41, 5.74) is 3.10. The van der Waals surface area contributed by atoms with Gasteiger partial charge in [-0.05, 0) is 66.6 Å². The Kier molecular flexibility index (Phi) is 6.66. The minimum atomic E-state index is -0.174. The normalized spacial score (nSPS) is 11.5. The van der Waals surface area contributed by atoms with Gasteiger partial charge in [0.2, 0.25) is 5.89 Å². The fourth-order valence-corrected chi connectivity index (χ4v) is 3.27. The maximum absolute atomic E-state index is 13.5. The fourth-order valence-electron chi connectivity index (χ4n) is 3.27. The van der Waals surface area contributed by atoms with Crippen LogP contribution in [0.1, 0.15) is 41.6 Å². The number of unbranched alkanes of at least 4 members (excludes halogenated alkanes) is 1. The minimum Gasteiger partial charge on any atom is -0.497 e. The average Bonchev–Trinajstić information content (AvgIpc) is 3.27. The van der Waals surface area contributed by atoms with E-state index in [1.54, 1.807) is 25.3 Å². The molecule has 1 heterocycles. The third kappa shape index (κ3) is 4.89. The molecular formula is C27H25NO4. The van der Waals surface area contributed by atoms with Crippen LogP contribution in [0.15, 0.2) is 77.2 Å². The molecule has 0 spiro atoms. The average molecular weight is 428 g/mol. The van der Waals surface area contributed by atoms with Gasteiger partial charge in [0, 0.05) is 5.56 Å². The summed E-state index contributed by atoms with van der Waals surface area (Å²) in [5.74, 6) is 1.61. The number of ketones is 1. The van der Waals surface area contributed by atoms with E-state index in [0.29, 0.717) is 28.8 Å². The number of rotatable bonds is 9. The van der Waals surface area contributed by atoms with Crippen molar-refractivity contribution >= 4 is 28.5 Å². The Morgan fingerprint density at radius 3 is 2.38 bits per heavy atom. The topological polar surface area (TPSA) is 61.6 Å². The maximum Gasteiger partial charge on any atom is 0.231 e. The van der Waals surface area contributed by atoms with Crippen LogP contribution in [0.4, 0.5) is 0 Å². The van der Waals surface area contributed by atoms with Gasteiger partial charge in [-0.25, -0.2) is 4.98 Å². The van der Waals surface area contributed by atoms with Crippen LogP contribution in [0, 0.1) is 0 Å². The number of aromatic nitrogens is 1. The Labute approximate surface area is 187 Å². The molecule has 1 aromatic heterocycles. The highest BCUT2D eigenvalue weighted by molar-refractivity contribution is 6.31. The quantitative estimate of drug-likeness (QED) is 0.175. The summed E-state index contributed by atoms with van der Waals surface area (Å²) in [5, 5.41) is 0. The molecule has 5 nitrogen and oxygen atoms in total. The first-order valence-electron chi connectivity index (χ1n) is 10.7. The van der Waals surface area contributed by atoms with Gasteiger partial charge in [-0.3, -0.25) is 4.79 Å². The number of hydrogen-bond acceptors (Lipinski definition) is 5. The summed E-state index contributed by atoms with van der Waals surface area (Å²) < 4.78 is 16.9. The second-order valence-corrected chi connectivity index (χ2v) is 7.37. The van der Waals surface area contributed by atoms with E-state index >= 15 is 0 Å². The molecule has 5 heteroatoms. The molecule has 0 aliphatic rings. The Morgan fingerprint density at radius 1 is 0.969 bits per heavy atom. The smallest absolute Gasteiger partial charge is 0.231 e. The zero-order valence-corrected chi connectivity index (χ0v) is 18.2. The number of ether oxygens (including phenoxy) is 2. The van der Waals surface area contributed by atoms with Gasteiger partial charge in [0.05, 0.1) is 19.3 Å². The van der Waals surface area contributed by atoms with E-state index in [2.05, 4.69) is 11.9 Å². The highest BCUT2D eigenvalue weighted by Gasteiger charge is 2.20. The molecule has 162 valence electrons. The first-order chi connectivity index (χ1) is 15.7. The van der Waals surface area contributed by atoms with Crippen LogP contribution in [-0.2, 0) is 0 Å². The zero-order valence-electron chi connectivity index (χ0n) is 18.2. The first kappa shape index (κ1) is 21.4. The third-order valence-corrected chi connectivity index (χ3v) is 5.08. The molecule has 3 aromatic carbocycles. The van der Waals surface area contributed by atoms with Gasteiger partial charge >= 0.3 is 0 Å². The largest absolute Gasteiger partial charge is 0.497 e. The van der Waals surface area contributed by atoms with Crippen LogP contribution in [0.5, 0.6) is 11.5 Å². The molecule has 0 unspecified atom stereocenters. The molecule has 0 amide bonds.